The van der Waals surface area contributed by atoms with Crippen LogP contribution in [-0.2, 0) is 19.4 Å². The van der Waals surface area contributed by atoms with Crippen molar-refractivity contribution >= 4 is 16.5 Å². The van der Waals surface area contributed by atoms with Crippen LogP contribution in [0.5, 0.6) is 0 Å². The van der Waals surface area contributed by atoms with Crippen molar-refractivity contribution in [1.82, 2.24) is 14.5 Å². The van der Waals surface area contributed by atoms with E-state index >= 15 is 0 Å². The van der Waals surface area contributed by atoms with Crippen molar-refractivity contribution < 1.29 is 0 Å². The van der Waals surface area contributed by atoms with Gasteiger partial charge in [-0.2, -0.15) is 0 Å². The Bertz CT molecular complexity index is 500. The van der Waals surface area contributed by atoms with Gasteiger partial charge in [0.05, 0.1) is 18.6 Å². The highest BCUT2D eigenvalue weighted by molar-refractivity contribution is 7.15. The molecule has 1 aliphatic rings. The van der Waals surface area contributed by atoms with Gasteiger partial charge in [-0.25, -0.2) is 9.97 Å². The summed E-state index contributed by atoms with van der Waals surface area (Å²) in [7, 11) is 0. The van der Waals surface area contributed by atoms with E-state index in [1.54, 1.807) is 11.3 Å². The SMILES string of the molecule is Nc1ncc(Cn2cnc3c2CCCC3)s1. The topological polar surface area (TPSA) is 56.7 Å². The van der Waals surface area contributed by atoms with Gasteiger partial charge in [0.1, 0.15) is 0 Å². The van der Waals surface area contributed by atoms with Crippen LogP contribution in [0, 0.1) is 0 Å². The fourth-order valence-electron chi connectivity index (χ4n) is 2.23. The Morgan fingerprint density at radius 1 is 1.31 bits per heavy atom. The number of hydrogen-bond acceptors (Lipinski definition) is 4. The van der Waals surface area contributed by atoms with Gasteiger partial charge in [-0.1, -0.05) is 0 Å². The van der Waals surface area contributed by atoms with Crippen molar-refractivity contribution in [3.05, 3.63) is 28.8 Å². The summed E-state index contributed by atoms with van der Waals surface area (Å²) in [5.41, 5.74) is 8.31. The molecule has 2 N–H and O–H groups in total. The maximum atomic E-state index is 5.63. The molecule has 4 nitrogen and oxygen atoms in total. The minimum atomic E-state index is 0.643. The Morgan fingerprint density at radius 2 is 2.19 bits per heavy atom. The third-order valence-electron chi connectivity index (χ3n) is 3.01. The van der Waals surface area contributed by atoms with Crippen LogP contribution in [0.15, 0.2) is 12.5 Å². The lowest BCUT2D eigenvalue weighted by Crippen LogP contribution is -2.08. The maximum Gasteiger partial charge on any atom is 0.180 e. The van der Waals surface area contributed by atoms with Gasteiger partial charge in [-0.15, -0.1) is 11.3 Å². The molecule has 0 aromatic carbocycles. The Kier molecular flexibility index (Phi) is 2.40. The van der Waals surface area contributed by atoms with Crippen LogP contribution in [0.25, 0.3) is 0 Å². The number of anilines is 1. The van der Waals surface area contributed by atoms with E-state index in [0.717, 1.165) is 19.4 Å². The first-order valence-electron chi connectivity index (χ1n) is 5.56. The molecule has 2 aromatic heterocycles. The zero-order valence-corrected chi connectivity index (χ0v) is 9.83. The predicted molar refractivity (Wildman–Crippen MR) is 64.5 cm³/mol. The number of aromatic nitrogens is 3. The molecular formula is C11H14N4S. The predicted octanol–water partition coefficient (Wildman–Crippen LogP) is 1.85. The van der Waals surface area contributed by atoms with E-state index in [9.17, 15) is 0 Å². The van der Waals surface area contributed by atoms with Gasteiger partial charge in [0.15, 0.2) is 5.13 Å². The number of imidazole rings is 1. The highest BCUT2D eigenvalue weighted by Crippen LogP contribution is 2.22. The molecule has 84 valence electrons. The van der Waals surface area contributed by atoms with Gasteiger partial charge in [0.25, 0.3) is 0 Å². The molecule has 0 radical (unpaired) electrons. The minimum Gasteiger partial charge on any atom is -0.375 e. The van der Waals surface area contributed by atoms with Gasteiger partial charge < -0.3 is 10.3 Å². The van der Waals surface area contributed by atoms with E-state index in [-0.39, 0.29) is 0 Å². The zero-order valence-electron chi connectivity index (χ0n) is 9.02. The second-order valence-corrected chi connectivity index (χ2v) is 5.28. The van der Waals surface area contributed by atoms with Gasteiger partial charge in [-0.3, -0.25) is 0 Å². The first kappa shape index (κ1) is 9.84. The molecule has 0 atom stereocenters. The monoisotopic (exact) mass is 234 g/mol. The van der Waals surface area contributed by atoms with Crippen molar-refractivity contribution in [2.24, 2.45) is 0 Å². The highest BCUT2D eigenvalue weighted by atomic mass is 32.1. The van der Waals surface area contributed by atoms with Crippen LogP contribution >= 0.6 is 11.3 Å². The van der Waals surface area contributed by atoms with Crippen molar-refractivity contribution in [1.29, 1.82) is 0 Å². The first-order valence-corrected chi connectivity index (χ1v) is 6.37. The average molecular weight is 234 g/mol. The molecule has 1 aliphatic carbocycles. The van der Waals surface area contributed by atoms with Crippen LogP contribution in [0.4, 0.5) is 5.13 Å². The van der Waals surface area contributed by atoms with Crippen LogP contribution in [0.1, 0.15) is 29.1 Å². The van der Waals surface area contributed by atoms with Crippen molar-refractivity contribution in [2.75, 3.05) is 5.73 Å². The Balaban J connectivity index is 1.87. The molecule has 0 fully saturated rings. The molecule has 2 heterocycles. The summed E-state index contributed by atoms with van der Waals surface area (Å²) in [4.78, 5) is 9.74. The molecule has 3 rings (SSSR count). The van der Waals surface area contributed by atoms with E-state index in [4.69, 9.17) is 5.73 Å². The van der Waals surface area contributed by atoms with Crippen LogP contribution < -0.4 is 5.73 Å². The summed E-state index contributed by atoms with van der Waals surface area (Å²) in [5.74, 6) is 0. The van der Waals surface area contributed by atoms with Gasteiger partial charge >= 0.3 is 0 Å². The number of nitrogens with two attached hydrogens (primary N) is 1. The number of nitrogens with zero attached hydrogens (tertiary/aromatic N) is 3. The number of aryl methyl sites for hydroxylation is 1. The molecule has 0 aliphatic heterocycles. The smallest absolute Gasteiger partial charge is 0.180 e. The quantitative estimate of drug-likeness (QED) is 0.862. The van der Waals surface area contributed by atoms with Crippen molar-refractivity contribution in [3.8, 4) is 0 Å². The fourth-order valence-corrected chi connectivity index (χ4v) is 2.91. The number of rotatable bonds is 2. The Morgan fingerprint density at radius 3 is 3.00 bits per heavy atom. The average Bonchev–Trinajstić information content (AvgIpc) is 2.87. The summed E-state index contributed by atoms with van der Waals surface area (Å²) in [6.07, 6.45) is 8.65. The first-order chi connectivity index (χ1) is 7.83. The molecule has 0 bridgehead atoms. The molecule has 16 heavy (non-hydrogen) atoms. The lowest BCUT2D eigenvalue weighted by molar-refractivity contribution is 0.630. The van der Waals surface area contributed by atoms with E-state index in [2.05, 4.69) is 14.5 Å². The second kappa shape index (κ2) is 3.90. The van der Waals surface area contributed by atoms with Gasteiger partial charge in [0.2, 0.25) is 0 Å². The van der Waals surface area contributed by atoms with E-state index < -0.39 is 0 Å². The number of nitrogen functional groups attached to an aromatic ring is 1. The number of thiazole rings is 1. The van der Waals surface area contributed by atoms with Gasteiger partial charge in [0, 0.05) is 16.8 Å². The molecule has 0 unspecified atom stereocenters. The maximum absolute atomic E-state index is 5.63. The number of hydrogen-bond donors (Lipinski definition) is 1. The molecule has 0 saturated heterocycles. The van der Waals surface area contributed by atoms with E-state index in [1.165, 1.54) is 29.1 Å². The highest BCUT2D eigenvalue weighted by Gasteiger charge is 2.15. The fraction of sp³-hybridized carbons (Fsp3) is 0.455. The summed E-state index contributed by atoms with van der Waals surface area (Å²) >= 11 is 1.55. The third kappa shape index (κ3) is 1.71. The normalized spacial score (nSPS) is 15.0. The van der Waals surface area contributed by atoms with Crippen LogP contribution in [0.3, 0.4) is 0 Å². The summed E-state index contributed by atoms with van der Waals surface area (Å²) in [6.45, 7) is 0.858. The summed E-state index contributed by atoms with van der Waals surface area (Å²) in [6, 6.07) is 0. The molecular weight excluding hydrogens is 220 g/mol. The zero-order chi connectivity index (χ0) is 11.0. The molecule has 0 saturated carbocycles. The summed E-state index contributed by atoms with van der Waals surface area (Å²) < 4.78 is 2.24. The van der Waals surface area contributed by atoms with Crippen LogP contribution in [-0.4, -0.2) is 14.5 Å². The standard InChI is InChI=1S/C11H14N4S/c12-11-13-5-8(16-11)6-15-7-14-9-3-1-2-4-10(9)15/h5,7H,1-4,6H2,(H2,12,13). The lowest BCUT2D eigenvalue weighted by atomic mass is 10.0. The summed E-state index contributed by atoms with van der Waals surface area (Å²) in [5, 5.41) is 0.643. The van der Waals surface area contributed by atoms with Crippen LogP contribution in [0.2, 0.25) is 0 Å². The second-order valence-electron chi connectivity index (χ2n) is 4.14. The largest absolute Gasteiger partial charge is 0.375 e. The Labute approximate surface area is 98.1 Å². The Hall–Kier alpha value is -1.36. The van der Waals surface area contributed by atoms with Crippen molar-refractivity contribution in [2.45, 2.75) is 32.2 Å². The third-order valence-corrected chi connectivity index (χ3v) is 3.82. The molecule has 0 amide bonds. The van der Waals surface area contributed by atoms with Gasteiger partial charge in [-0.05, 0) is 25.7 Å². The molecule has 2 aromatic rings. The van der Waals surface area contributed by atoms with E-state index in [1.807, 2.05) is 12.5 Å². The number of fused-ring (bicyclic) bond motifs is 1. The van der Waals surface area contributed by atoms with Crippen molar-refractivity contribution in [3.63, 3.8) is 0 Å². The molecule has 5 heteroatoms. The minimum absolute atomic E-state index is 0.643. The van der Waals surface area contributed by atoms with E-state index in [0.29, 0.717) is 5.13 Å². The lowest BCUT2D eigenvalue weighted by Gasteiger charge is -2.13. The molecule has 0 spiro atoms.